The van der Waals surface area contributed by atoms with Crippen LogP contribution in [0.5, 0.6) is 0 Å². The molecule has 1 aromatic rings. The molecule has 0 aromatic heterocycles. The van der Waals surface area contributed by atoms with Crippen molar-refractivity contribution in [3.05, 3.63) is 35.9 Å². The summed E-state index contributed by atoms with van der Waals surface area (Å²) < 4.78 is 4.84. The third-order valence-electron chi connectivity index (χ3n) is 3.09. The largest absolute Gasteiger partial charge is 0.465 e. The van der Waals surface area contributed by atoms with Gasteiger partial charge in [0.2, 0.25) is 5.91 Å². The first-order chi connectivity index (χ1) is 10.0. The van der Waals surface area contributed by atoms with Gasteiger partial charge in [0.15, 0.2) is 0 Å². The fraction of sp³-hybridized carbons (Fsp3) is 0.500. The van der Waals surface area contributed by atoms with Crippen molar-refractivity contribution >= 4 is 11.9 Å². The number of benzene rings is 1. The number of rotatable bonds is 8. The molecule has 21 heavy (non-hydrogen) atoms. The first-order valence-corrected chi connectivity index (χ1v) is 7.18. The van der Waals surface area contributed by atoms with Crippen molar-refractivity contribution in [2.75, 3.05) is 33.3 Å². The van der Waals surface area contributed by atoms with Crippen LogP contribution in [0.2, 0.25) is 0 Å². The number of nitrogens with one attached hydrogen (secondary N) is 1. The standard InChI is InChI=1S/C16H24N2O3/c1-4-21-16(20)12-18(3)11-15(19)17-10-13(2)14-8-6-5-7-9-14/h5-9,13H,4,10-12H2,1-3H3,(H,17,19). The zero-order chi connectivity index (χ0) is 15.7. The van der Waals surface area contributed by atoms with Gasteiger partial charge >= 0.3 is 5.97 Å². The highest BCUT2D eigenvalue weighted by molar-refractivity contribution is 5.79. The number of likely N-dealkylation sites (N-methyl/N-ethyl adjacent to an activating group) is 1. The monoisotopic (exact) mass is 292 g/mol. The van der Waals surface area contributed by atoms with E-state index < -0.39 is 0 Å². The van der Waals surface area contributed by atoms with E-state index in [0.29, 0.717) is 13.2 Å². The molecular weight excluding hydrogens is 268 g/mol. The van der Waals surface area contributed by atoms with Crippen molar-refractivity contribution in [3.63, 3.8) is 0 Å². The summed E-state index contributed by atoms with van der Waals surface area (Å²) in [7, 11) is 1.72. The molecule has 0 spiro atoms. The van der Waals surface area contributed by atoms with E-state index in [1.54, 1.807) is 18.9 Å². The molecule has 0 saturated heterocycles. The maximum absolute atomic E-state index is 11.8. The van der Waals surface area contributed by atoms with Crippen molar-refractivity contribution in [2.45, 2.75) is 19.8 Å². The molecule has 1 unspecified atom stereocenters. The minimum absolute atomic E-state index is 0.0930. The van der Waals surface area contributed by atoms with Crippen LogP contribution < -0.4 is 5.32 Å². The highest BCUT2D eigenvalue weighted by atomic mass is 16.5. The molecule has 0 aliphatic carbocycles. The predicted molar refractivity (Wildman–Crippen MR) is 82.0 cm³/mol. The molecule has 0 aliphatic rings. The Morgan fingerprint density at radius 3 is 2.52 bits per heavy atom. The van der Waals surface area contributed by atoms with E-state index in [2.05, 4.69) is 12.2 Å². The third-order valence-corrected chi connectivity index (χ3v) is 3.09. The molecule has 1 aromatic carbocycles. The van der Waals surface area contributed by atoms with Crippen molar-refractivity contribution in [1.29, 1.82) is 0 Å². The van der Waals surface area contributed by atoms with Gasteiger partial charge in [-0.3, -0.25) is 14.5 Å². The number of nitrogens with zero attached hydrogens (tertiary/aromatic N) is 1. The molecule has 0 saturated carbocycles. The summed E-state index contributed by atoms with van der Waals surface area (Å²) in [6.07, 6.45) is 0. The van der Waals surface area contributed by atoms with Crippen LogP contribution in [0.15, 0.2) is 30.3 Å². The predicted octanol–water partition coefficient (Wildman–Crippen LogP) is 1.40. The van der Waals surface area contributed by atoms with E-state index in [1.165, 1.54) is 5.56 Å². The molecule has 0 heterocycles. The summed E-state index contributed by atoms with van der Waals surface area (Å²) in [5.74, 6) is -0.152. The Hall–Kier alpha value is -1.88. The fourth-order valence-electron chi connectivity index (χ4n) is 1.95. The molecule has 0 radical (unpaired) electrons. The summed E-state index contributed by atoms with van der Waals surface area (Å²) in [6, 6.07) is 10.0. The normalized spacial score (nSPS) is 12.0. The lowest BCUT2D eigenvalue weighted by molar-refractivity contribution is -0.144. The number of hydrogen-bond donors (Lipinski definition) is 1. The number of amides is 1. The van der Waals surface area contributed by atoms with Gasteiger partial charge in [-0.2, -0.15) is 0 Å². The first-order valence-electron chi connectivity index (χ1n) is 7.18. The Morgan fingerprint density at radius 1 is 1.24 bits per heavy atom. The number of carbonyl (C=O) groups is 2. The summed E-state index contributed by atoms with van der Waals surface area (Å²) in [4.78, 5) is 24.8. The van der Waals surface area contributed by atoms with Crippen LogP contribution >= 0.6 is 0 Å². The highest BCUT2D eigenvalue weighted by Gasteiger charge is 2.12. The molecule has 5 heteroatoms. The minimum Gasteiger partial charge on any atom is -0.465 e. The lowest BCUT2D eigenvalue weighted by atomic mass is 10.0. The molecule has 5 nitrogen and oxygen atoms in total. The van der Waals surface area contributed by atoms with Gasteiger partial charge in [-0.25, -0.2) is 0 Å². The van der Waals surface area contributed by atoms with E-state index in [1.807, 2.05) is 30.3 Å². The van der Waals surface area contributed by atoms with E-state index in [4.69, 9.17) is 4.74 Å². The number of ether oxygens (including phenoxy) is 1. The quantitative estimate of drug-likeness (QED) is 0.736. The molecule has 0 fully saturated rings. The van der Waals surface area contributed by atoms with Gasteiger partial charge < -0.3 is 10.1 Å². The van der Waals surface area contributed by atoms with Crippen LogP contribution in [0.4, 0.5) is 0 Å². The lowest BCUT2D eigenvalue weighted by Crippen LogP contribution is -2.39. The second-order valence-electron chi connectivity index (χ2n) is 5.09. The molecule has 1 amide bonds. The van der Waals surface area contributed by atoms with Gasteiger partial charge in [0.1, 0.15) is 0 Å². The van der Waals surface area contributed by atoms with Crippen molar-refractivity contribution in [2.24, 2.45) is 0 Å². The molecule has 1 atom stereocenters. The van der Waals surface area contributed by atoms with Gasteiger partial charge in [-0.1, -0.05) is 37.3 Å². The second kappa shape index (κ2) is 9.13. The number of esters is 1. The van der Waals surface area contributed by atoms with E-state index >= 15 is 0 Å². The molecular formula is C16H24N2O3. The number of carbonyl (C=O) groups excluding carboxylic acids is 2. The zero-order valence-electron chi connectivity index (χ0n) is 13.0. The summed E-state index contributed by atoms with van der Waals surface area (Å²) in [6.45, 7) is 5.06. The molecule has 0 bridgehead atoms. The first kappa shape index (κ1) is 17.2. The Morgan fingerprint density at radius 2 is 1.90 bits per heavy atom. The summed E-state index contributed by atoms with van der Waals surface area (Å²) in [5.41, 5.74) is 1.19. The Balaban J connectivity index is 2.29. The van der Waals surface area contributed by atoms with Gasteiger partial charge in [0, 0.05) is 6.54 Å². The third kappa shape index (κ3) is 6.90. The highest BCUT2D eigenvalue weighted by Crippen LogP contribution is 2.12. The van der Waals surface area contributed by atoms with E-state index in [-0.39, 0.29) is 30.9 Å². The Bertz CT molecular complexity index is 448. The van der Waals surface area contributed by atoms with Crippen LogP contribution in [0.1, 0.15) is 25.3 Å². The SMILES string of the molecule is CCOC(=O)CN(C)CC(=O)NCC(C)c1ccccc1. The van der Waals surface area contributed by atoms with E-state index in [0.717, 1.165) is 0 Å². The van der Waals surface area contributed by atoms with E-state index in [9.17, 15) is 9.59 Å². The van der Waals surface area contributed by atoms with Crippen LogP contribution in [0, 0.1) is 0 Å². The van der Waals surface area contributed by atoms with Crippen LogP contribution in [0.25, 0.3) is 0 Å². The Labute approximate surface area is 126 Å². The van der Waals surface area contributed by atoms with Gasteiger partial charge in [-0.05, 0) is 25.5 Å². The van der Waals surface area contributed by atoms with Gasteiger partial charge in [0.05, 0.1) is 19.7 Å². The lowest BCUT2D eigenvalue weighted by Gasteiger charge is -2.17. The van der Waals surface area contributed by atoms with Crippen molar-refractivity contribution in [3.8, 4) is 0 Å². The molecule has 1 rings (SSSR count). The summed E-state index contributed by atoms with van der Waals surface area (Å²) in [5, 5.41) is 2.88. The topological polar surface area (TPSA) is 58.6 Å². The average Bonchev–Trinajstić information content (AvgIpc) is 2.45. The fourth-order valence-corrected chi connectivity index (χ4v) is 1.95. The average molecular weight is 292 g/mol. The van der Waals surface area contributed by atoms with Crippen LogP contribution in [-0.2, 0) is 14.3 Å². The minimum atomic E-state index is -0.314. The zero-order valence-corrected chi connectivity index (χ0v) is 13.0. The maximum atomic E-state index is 11.8. The second-order valence-corrected chi connectivity index (χ2v) is 5.09. The van der Waals surface area contributed by atoms with Gasteiger partial charge in [0.25, 0.3) is 0 Å². The molecule has 1 N–H and O–H groups in total. The van der Waals surface area contributed by atoms with Gasteiger partial charge in [-0.15, -0.1) is 0 Å². The van der Waals surface area contributed by atoms with Crippen LogP contribution in [-0.4, -0.2) is 50.1 Å². The number of hydrogen-bond acceptors (Lipinski definition) is 4. The smallest absolute Gasteiger partial charge is 0.320 e. The summed E-state index contributed by atoms with van der Waals surface area (Å²) >= 11 is 0. The van der Waals surface area contributed by atoms with Crippen molar-refractivity contribution in [1.82, 2.24) is 10.2 Å². The maximum Gasteiger partial charge on any atom is 0.320 e. The van der Waals surface area contributed by atoms with Crippen molar-refractivity contribution < 1.29 is 14.3 Å². The van der Waals surface area contributed by atoms with Crippen LogP contribution in [0.3, 0.4) is 0 Å². The Kier molecular flexibility index (Phi) is 7.46. The molecule has 116 valence electrons. The molecule has 0 aliphatic heterocycles.